The van der Waals surface area contributed by atoms with E-state index in [9.17, 15) is 4.79 Å². The summed E-state index contributed by atoms with van der Waals surface area (Å²) in [6, 6.07) is -0.264. The summed E-state index contributed by atoms with van der Waals surface area (Å²) in [7, 11) is 0. The second-order valence-electron chi connectivity index (χ2n) is 5.94. The van der Waals surface area contributed by atoms with E-state index in [2.05, 4.69) is 4.98 Å². The van der Waals surface area contributed by atoms with Crippen LogP contribution in [0.3, 0.4) is 0 Å². The van der Waals surface area contributed by atoms with Gasteiger partial charge in [0.25, 0.3) is 0 Å². The Morgan fingerprint density at radius 2 is 2.21 bits per heavy atom. The molecule has 6 heteroatoms. The number of nitrogens with zero attached hydrogens (tertiary/aromatic N) is 2. The molecule has 1 amide bonds. The van der Waals surface area contributed by atoms with Crippen LogP contribution in [0.5, 0.6) is 0 Å². The van der Waals surface area contributed by atoms with Gasteiger partial charge in [0.1, 0.15) is 9.34 Å². The number of aromatic nitrogens is 1. The number of amides is 1. The van der Waals surface area contributed by atoms with Crippen LogP contribution in [0.25, 0.3) is 0 Å². The zero-order valence-corrected chi connectivity index (χ0v) is 13.1. The van der Waals surface area contributed by atoms with E-state index < -0.39 is 0 Å². The van der Waals surface area contributed by atoms with Crippen molar-refractivity contribution in [2.24, 2.45) is 5.73 Å². The molecule has 1 fully saturated rings. The Balaban J connectivity index is 2.45. The number of hydrogen-bond donors (Lipinski definition) is 1. The van der Waals surface area contributed by atoms with Crippen molar-refractivity contribution in [2.75, 3.05) is 0 Å². The number of hydrogen-bond acceptors (Lipinski definition) is 4. The largest absolute Gasteiger partial charge is 0.327 e. The third-order valence-electron chi connectivity index (χ3n) is 3.35. The minimum atomic E-state index is -0.276. The van der Waals surface area contributed by atoms with Gasteiger partial charge in [-0.25, -0.2) is 4.98 Å². The molecule has 2 N–H and O–H groups in total. The normalized spacial score (nSPS) is 25.5. The number of carbonyl (C=O) groups is 1. The molecule has 1 aliphatic rings. The molecule has 1 saturated heterocycles. The van der Waals surface area contributed by atoms with Crippen LogP contribution in [0.15, 0.2) is 6.20 Å². The Kier molecular flexibility index (Phi) is 4.18. The van der Waals surface area contributed by atoms with Gasteiger partial charge in [0.2, 0.25) is 5.91 Å². The van der Waals surface area contributed by atoms with Crippen molar-refractivity contribution in [1.82, 2.24) is 9.88 Å². The number of carbonyl (C=O) groups excluding carboxylic acids is 1. The zero-order valence-electron chi connectivity index (χ0n) is 11.5. The highest BCUT2D eigenvalue weighted by Gasteiger charge is 2.40. The molecule has 106 valence electrons. The van der Waals surface area contributed by atoms with Gasteiger partial charge in [-0.15, -0.1) is 11.3 Å². The first kappa shape index (κ1) is 14.8. The third kappa shape index (κ3) is 3.09. The van der Waals surface area contributed by atoms with E-state index in [0.29, 0.717) is 10.8 Å². The molecule has 2 atom stereocenters. The monoisotopic (exact) mass is 301 g/mol. The summed E-state index contributed by atoms with van der Waals surface area (Å²) in [5.41, 5.74) is 6.02. The first-order chi connectivity index (χ1) is 8.80. The van der Waals surface area contributed by atoms with Crippen LogP contribution in [-0.4, -0.2) is 27.4 Å². The van der Waals surface area contributed by atoms with Gasteiger partial charge in [0.15, 0.2) is 0 Å². The lowest BCUT2D eigenvalue weighted by Gasteiger charge is -2.42. The predicted octanol–water partition coefficient (Wildman–Crippen LogP) is 2.98. The SMILES string of the molecule is CC(C)(C)N1C(=O)CCCC(N)C1c1ncc(Cl)s1. The van der Waals surface area contributed by atoms with Crippen LogP contribution in [0.4, 0.5) is 0 Å². The Bertz CT molecular complexity index is 469. The molecule has 4 nitrogen and oxygen atoms in total. The molecule has 2 heterocycles. The van der Waals surface area contributed by atoms with Crippen molar-refractivity contribution in [2.45, 2.75) is 57.7 Å². The molecule has 0 radical (unpaired) electrons. The molecular formula is C13H20ClN3OS. The average molecular weight is 302 g/mol. The summed E-state index contributed by atoms with van der Waals surface area (Å²) in [6.07, 6.45) is 3.85. The van der Waals surface area contributed by atoms with E-state index in [-0.39, 0.29) is 23.5 Å². The van der Waals surface area contributed by atoms with Gasteiger partial charge < -0.3 is 10.6 Å². The Morgan fingerprint density at radius 1 is 1.53 bits per heavy atom. The third-order valence-corrected chi connectivity index (χ3v) is 4.54. The second-order valence-corrected chi connectivity index (χ2v) is 7.63. The van der Waals surface area contributed by atoms with E-state index in [0.717, 1.165) is 17.8 Å². The van der Waals surface area contributed by atoms with Crippen LogP contribution in [-0.2, 0) is 4.79 Å². The smallest absolute Gasteiger partial charge is 0.223 e. The minimum Gasteiger partial charge on any atom is -0.327 e. The summed E-state index contributed by atoms with van der Waals surface area (Å²) in [4.78, 5) is 18.6. The molecule has 2 rings (SSSR count). The maximum Gasteiger partial charge on any atom is 0.223 e. The molecule has 1 aromatic rings. The first-order valence-corrected chi connectivity index (χ1v) is 7.69. The van der Waals surface area contributed by atoms with Crippen molar-refractivity contribution >= 4 is 28.8 Å². The molecule has 19 heavy (non-hydrogen) atoms. The number of rotatable bonds is 1. The van der Waals surface area contributed by atoms with Gasteiger partial charge in [0.05, 0.1) is 12.2 Å². The van der Waals surface area contributed by atoms with Gasteiger partial charge in [-0.1, -0.05) is 11.6 Å². The molecule has 0 saturated carbocycles. The van der Waals surface area contributed by atoms with Gasteiger partial charge in [-0.05, 0) is 33.6 Å². The fourth-order valence-corrected chi connectivity index (χ4v) is 3.70. The van der Waals surface area contributed by atoms with Gasteiger partial charge >= 0.3 is 0 Å². The summed E-state index contributed by atoms with van der Waals surface area (Å²) in [5.74, 6) is 0.150. The van der Waals surface area contributed by atoms with Crippen molar-refractivity contribution in [1.29, 1.82) is 0 Å². The zero-order chi connectivity index (χ0) is 14.2. The molecule has 0 aromatic carbocycles. The highest BCUT2D eigenvalue weighted by atomic mass is 35.5. The van der Waals surface area contributed by atoms with Crippen LogP contribution < -0.4 is 5.73 Å². The molecule has 0 bridgehead atoms. The molecule has 0 aliphatic carbocycles. The van der Waals surface area contributed by atoms with E-state index in [1.54, 1.807) is 6.20 Å². The molecule has 0 spiro atoms. The maximum atomic E-state index is 12.4. The lowest BCUT2D eigenvalue weighted by molar-refractivity contribution is -0.139. The Labute approximate surface area is 122 Å². The van der Waals surface area contributed by atoms with Crippen LogP contribution in [0.2, 0.25) is 4.34 Å². The average Bonchev–Trinajstić information content (AvgIpc) is 2.63. The summed E-state index contributed by atoms with van der Waals surface area (Å²) in [5, 5.41) is 0.836. The maximum absolute atomic E-state index is 12.4. The topological polar surface area (TPSA) is 59.2 Å². The number of thiazole rings is 1. The van der Waals surface area contributed by atoms with Gasteiger partial charge in [0, 0.05) is 18.0 Å². The number of halogens is 1. The summed E-state index contributed by atoms with van der Waals surface area (Å²) >= 11 is 7.39. The standard InChI is InChI=1S/C13H20ClN3OS/c1-13(2,3)17-10(18)6-4-5-8(15)11(17)12-16-7-9(14)19-12/h7-8,11H,4-6,15H2,1-3H3. The fourth-order valence-electron chi connectivity index (χ4n) is 2.60. The summed E-state index contributed by atoms with van der Waals surface area (Å²) in [6.45, 7) is 6.10. The van der Waals surface area contributed by atoms with Crippen LogP contribution in [0.1, 0.15) is 51.1 Å². The molecular weight excluding hydrogens is 282 g/mol. The summed E-state index contributed by atoms with van der Waals surface area (Å²) < 4.78 is 0.632. The van der Waals surface area contributed by atoms with E-state index >= 15 is 0 Å². The Hall–Kier alpha value is -0.650. The molecule has 1 aromatic heterocycles. The minimum absolute atomic E-state index is 0.0899. The lowest BCUT2D eigenvalue weighted by atomic mass is 9.98. The quantitative estimate of drug-likeness (QED) is 0.867. The van der Waals surface area contributed by atoms with Crippen LogP contribution in [0, 0.1) is 0 Å². The van der Waals surface area contributed by atoms with Crippen molar-refractivity contribution < 1.29 is 4.79 Å². The highest BCUT2D eigenvalue weighted by molar-refractivity contribution is 7.15. The predicted molar refractivity (Wildman–Crippen MR) is 78.3 cm³/mol. The van der Waals surface area contributed by atoms with E-state index in [1.165, 1.54) is 11.3 Å². The van der Waals surface area contributed by atoms with E-state index in [4.69, 9.17) is 17.3 Å². The first-order valence-electron chi connectivity index (χ1n) is 6.49. The van der Waals surface area contributed by atoms with Crippen molar-refractivity contribution in [3.63, 3.8) is 0 Å². The fraction of sp³-hybridized carbons (Fsp3) is 0.692. The van der Waals surface area contributed by atoms with Crippen LogP contribution >= 0.6 is 22.9 Å². The Morgan fingerprint density at radius 3 is 2.74 bits per heavy atom. The second kappa shape index (κ2) is 5.38. The molecule has 2 unspecified atom stereocenters. The highest BCUT2D eigenvalue weighted by Crippen LogP contribution is 2.37. The van der Waals surface area contributed by atoms with Crippen molar-refractivity contribution in [3.8, 4) is 0 Å². The van der Waals surface area contributed by atoms with Crippen molar-refractivity contribution in [3.05, 3.63) is 15.5 Å². The van der Waals surface area contributed by atoms with E-state index in [1.807, 2.05) is 25.7 Å². The molecule has 1 aliphatic heterocycles. The van der Waals surface area contributed by atoms with Gasteiger partial charge in [-0.2, -0.15) is 0 Å². The number of nitrogens with two attached hydrogens (primary N) is 1. The van der Waals surface area contributed by atoms with Gasteiger partial charge in [-0.3, -0.25) is 4.79 Å². The lowest BCUT2D eigenvalue weighted by Crippen LogP contribution is -2.51. The number of likely N-dealkylation sites (tertiary alicyclic amines) is 1.